The van der Waals surface area contributed by atoms with Gasteiger partial charge in [0.1, 0.15) is 5.60 Å². The van der Waals surface area contributed by atoms with E-state index in [9.17, 15) is 4.79 Å². The average molecular weight is 277 g/mol. The van der Waals surface area contributed by atoms with Crippen LogP contribution in [-0.4, -0.2) is 29.7 Å². The summed E-state index contributed by atoms with van der Waals surface area (Å²) in [6, 6.07) is 0. The summed E-state index contributed by atoms with van der Waals surface area (Å²) < 4.78 is 5.45. The van der Waals surface area contributed by atoms with Crippen molar-refractivity contribution in [2.45, 2.75) is 59.0 Å². The minimum atomic E-state index is -0.410. The highest BCUT2D eigenvalue weighted by atomic mass is 16.6. The summed E-state index contributed by atoms with van der Waals surface area (Å²) in [4.78, 5) is 13.9. The van der Waals surface area contributed by atoms with Gasteiger partial charge in [-0.1, -0.05) is 25.2 Å². The number of carbonyl (C=O) groups is 1. The number of ether oxygens (including phenoxy) is 1. The highest BCUT2D eigenvalue weighted by molar-refractivity contribution is 5.68. The summed E-state index contributed by atoms with van der Waals surface area (Å²) in [6.07, 6.45) is 11.1. The highest BCUT2D eigenvalue weighted by Crippen LogP contribution is 2.40. The molecule has 0 aromatic carbocycles. The zero-order valence-corrected chi connectivity index (χ0v) is 13.2. The molecule has 3 heteroatoms. The molecule has 0 unspecified atom stereocenters. The first-order valence-electron chi connectivity index (χ1n) is 7.65. The molecular formula is C17H27NO2. The van der Waals surface area contributed by atoms with Crippen LogP contribution in [0.1, 0.15) is 53.4 Å². The van der Waals surface area contributed by atoms with Crippen LogP contribution in [0.15, 0.2) is 23.8 Å². The average Bonchev–Trinajstić information content (AvgIpc) is 2.38. The van der Waals surface area contributed by atoms with E-state index >= 15 is 0 Å². The molecule has 0 saturated carbocycles. The number of piperidine rings is 1. The van der Waals surface area contributed by atoms with Gasteiger partial charge in [-0.3, -0.25) is 0 Å². The third kappa shape index (κ3) is 3.65. The molecule has 0 aromatic heterocycles. The van der Waals surface area contributed by atoms with Crippen molar-refractivity contribution in [3.63, 3.8) is 0 Å². The van der Waals surface area contributed by atoms with Crippen molar-refractivity contribution < 1.29 is 9.53 Å². The lowest BCUT2D eigenvalue weighted by atomic mass is 9.72. The first-order valence-corrected chi connectivity index (χ1v) is 7.65. The van der Waals surface area contributed by atoms with E-state index in [0.29, 0.717) is 0 Å². The molecule has 1 amide bonds. The number of nitrogens with zero attached hydrogens (tertiary/aromatic N) is 1. The molecule has 3 nitrogen and oxygen atoms in total. The number of likely N-dealkylation sites (tertiary alicyclic amines) is 1. The highest BCUT2D eigenvalue weighted by Gasteiger charge is 2.35. The molecule has 1 aliphatic heterocycles. The fourth-order valence-electron chi connectivity index (χ4n) is 2.86. The van der Waals surface area contributed by atoms with Crippen molar-refractivity contribution in [2.75, 3.05) is 13.1 Å². The van der Waals surface area contributed by atoms with Crippen LogP contribution < -0.4 is 0 Å². The summed E-state index contributed by atoms with van der Waals surface area (Å²) in [5.41, 5.74) is 1.26. The molecule has 112 valence electrons. The lowest BCUT2D eigenvalue weighted by Gasteiger charge is -2.41. The van der Waals surface area contributed by atoms with E-state index in [1.165, 1.54) is 5.57 Å². The molecule has 1 heterocycles. The Morgan fingerprint density at radius 3 is 2.40 bits per heavy atom. The monoisotopic (exact) mass is 277 g/mol. The summed E-state index contributed by atoms with van der Waals surface area (Å²) in [7, 11) is 0. The molecule has 0 radical (unpaired) electrons. The molecule has 0 aromatic rings. The van der Waals surface area contributed by atoms with Crippen LogP contribution in [-0.2, 0) is 4.74 Å². The summed E-state index contributed by atoms with van der Waals surface area (Å²) in [5, 5.41) is 0. The normalized spacial score (nSPS) is 22.4. The van der Waals surface area contributed by atoms with Crippen molar-refractivity contribution in [1.82, 2.24) is 4.90 Å². The van der Waals surface area contributed by atoms with Crippen molar-refractivity contribution in [2.24, 2.45) is 5.41 Å². The van der Waals surface area contributed by atoms with Crippen molar-refractivity contribution >= 4 is 6.09 Å². The smallest absolute Gasteiger partial charge is 0.410 e. The van der Waals surface area contributed by atoms with Gasteiger partial charge in [0.25, 0.3) is 0 Å². The van der Waals surface area contributed by atoms with Crippen molar-refractivity contribution in [3.05, 3.63) is 23.8 Å². The van der Waals surface area contributed by atoms with Gasteiger partial charge < -0.3 is 9.64 Å². The van der Waals surface area contributed by atoms with Crippen LogP contribution >= 0.6 is 0 Å². The van der Waals surface area contributed by atoms with Crippen LogP contribution in [0, 0.1) is 5.41 Å². The van der Waals surface area contributed by atoms with Gasteiger partial charge >= 0.3 is 6.09 Å². The molecule has 0 spiro atoms. The van der Waals surface area contributed by atoms with Gasteiger partial charge in [0.15, 0.2) is 0 Å². The Balaban J connectivity index is 1.93. The molecule has 2 rings (SSSR count). The zero-order chi connectivity index (χ0) is 14.8. The second-order valence-electron chi connectivity index (χ2n) is 7.17. The van der Waals surface area contributed by atoms with E-state index in [4.69, 9.17) is 4.74 Å². The lowest BCUT2D eigenvalue weighted by molar-refractivity contribution is 0.0149. The quantitative estimate of drug-likeness (QED) is 0.715. The van der Waals surface area contributed by atoms with Gasteiger partial charge in [-0.15, -0.1) is 0 Å². The standard InChI is InChI=1S/C17H27NO2/c1-16(2,3)20-15(19)18-12-10-17(4,11-13-18)14-8-6-5-7-9-14/h6,8-9H,5,7,10-13H2,1-4H3. The van der Waals surface area contributed by atoms with Gasteiger partial charge in [-0.2, -0.15) is 0 Å². The zero-order valence-electron chi connectivity index (χ0n) is 13.2. The Hall–Kier alpha value is -1.25. The molecule has 1 aliphatic carbocycles. The fraction of sp³-hybridized carbons (Fsp3) is 0.706. The third-order valence-electron chi connectivity index (χ3n) is 4.21. The minimum Gasteiger partial charge on any atom is -0.444 e. The molecule has 0 bridgehead atoms. The number of amides is 1. The fourth-order valence-corrected chi connectivity index (χ4v) is 2.86. The molecular weight excluding hydrogens is 250 g/mol. The van der Waals surface area contributed by atoms with E-state index in [0.717, 1.165) is 38.8 Å². The van der Waals surface area contributed by atoms with E-state index in [1.54, 1.807) is 0 Å². The maximum Gasteiger partial charge on any atom is 0.410 e. The Labute approximate surface area is 122 Å². The van der Waals surface area contributed by atoms with E-state index in [1.807, 2.05) is 25.7 Å². The first kappa shape index (κ1) is 15.1. The van der Waals surface area contributed by atoms with E-state index in [2.05, 4.69) is 25.2 Å². The molecule has 2 aliphatic rings. The maximum atomic E-state index is 12.1. The van der Waals surface area contributed by atoms with Gasteiger partial charge in [-0.25, -0.2) is 4.79 Å². The van der Waals surface area contributed by atoms with Crippen LogP contribution in [0.4, 0.5) is 4.79 Å². The van der Waals surface area contributed by atoms with Crippen molar-refractivity contribution in [1.29, 1.82) is 0 Å². The Bertz CT molecular complexity index is 421. The Kier molecular flexibility index (Phi) is 4.26. The minimum absolute atomic E-state index is 0.173. The second kappa shape index (κ2) is 5.63. The molecule has 0 atom stereocenters. The maximum absolute atomic E-state index is 12.1. The predicted octanol–water partition coefficient (Wildman–Crippen LogP) is 4.30. The van der Waals surface area contributed by atoms with E-state index < -0.39 is 5.60 Å². The van der Waals surface area contributed by atoms with Gasteiger partial charge in [0.2, 0.25) is 0 Å². The number of rotatable bonds is 1. The van der Waals surface area contributed by atoms with Crippen LogP contribution in [0.25, 0.3) is 0 Å². The van der Waals surface area contributed by atoms with E-state index in [-0.39, 0.29) is 11.5 Å². The lowest BCUT2D eigenvalue weighted by Crippen LogP contribution is -2.44. The molecule has 0 N–H and O–H groups in total. The third-order valence-corrected chi connectivity index (χ3v) is 4.21. The summed E-state index contributed by atoms with van der Waals surface area (Å²) >= 11 is 0. The Morgan fingerprint density at radius 2 is 1.90 bits per heavy atom. The van der Waals surface area contributed by atoms with Gasteiger partial charge in [-0.05, 0) is 57.4 Å². The predicted molar refractivity (Wildman–Crippen MR) is 81.6 cm³/mol. The summed E-state index contributed by atoms with van der Waals surface area (Å²) in [6.45, 7) is 9.64. The molecule has 20 heavy (non-hydrogen) atoms. The topological polar surface area (TPSA) is 29.5 Å². The number of hydrogen-bond acceptors (Lipinski definition) is 2. The Morgan fingerprint density at radius 1 is 1.25 bits per heavy atom. The van der Waals surface area contributed by atoms with Crippen LogP contribution in [0.2, 0.25) is 0 Å². The van der Waals surface area contributed by atoms with Gasteiger partial charge in [0, 0.05) is 13.1 Å². The number of hydrogen-bond donors (Lipinski definition) is 0. The largest absolute Gasteiger partial charge is 0.444 e. The molecule has 1 saturated heterocycles. The number of allylic oxidation sites excluding steroid dienone is 4. The summed E-state index contributed by atoms with van der Waals surface area (Å²) in [5.74, 6) is 0. The van der Waals surface area contributed by atoms with Gasteiger partial charge in [0.05, 0.1) is 0 Å². The molecule has 1 fully saturated rings. The van der Waals surface area contributed by atoms with Crippen LogP contribution in [0.5, 0.6) is 0 Å². The second-order valence-corrected chi connectivity index (χ2v) is 7.17. The SMILES string of the molecule is CC(C)(C)OC(=O)N1CCC(C)(C2=CCCC=C2)CC1. The van der Waals surface area contributed by atoms with Crippen LogP contribution in [0.3, 0.4) is 0 Å². The first-order chi connectivity index (χ1) is 9.30. The van der Waals surface area contributed by atoms with Crippen molar-refractivity contribution in [3.8, 4) is 0 Å². The number of carbonyl (C=O) groups excluding carboxylic acids is 1.